The van der Waals surface area contributed by atoms with Crippen LogP contribution in [0, 0.1) is 0 Å². The average Bonchev–Trinajstić information content (AvgIpc) is 2.07. The third-order valence-corrected chi connectivity index (χ3v) is 2.12. The quantitative estimate of drug-likeness (QED) is 0.758. The Labute approximate surface area is 85.9 Å². The molecular weight excluding hydrogens is 209 g/mol. The number of carbonyl (C=O) groups is 1. The molecular formula is C9H7Cl2NO. The first kappa shape index (κ1) is 10.1. The van der Waals surface area contributed by atoms with Crippen LogP contribution in [-0.2, 0) is 4.79 Å². The maximum Gasteiger partial charge on any atom is 0.241 e. The number of benzene rings is 1. The Morgan fingerprint density at radius 3 is 2.54 bits per heavy atom. The molecule has 2 nitrogen and oxygen atoms in total. The second-order valence-electron chi connectivity index (χ2n) is 2.41. The summed E-state index contributed by atoms with van der Waals surface area (Å²) in [5.41, 5.74) is 5.71. The summed E-state index contributed by atoms with van der Waals surface area (Å²) in [5, 5.41) is 0.936. The van der Waals surface area contributed by atoms with Gasteiger partial charge in [0.1, 0.15) is 0 Å². The Kier molecular flexibility index (Phi) is 3.34. The molecule has 0 atom stereocenters. The van der Waals surface area contributed by atoms with Gasteiger partial charge in [-0.15, -0.1) is 0 Å². The summed E-state index contributed by atoms with van der Waals surface area (Å²) >= 11 is 11.4. The number of hydrogen-bond donors (Lipinski definition) is 1. The lowest BCUT2D eigenvalue weighted by molar-refractivity contribution is -0.113. The summed E-state index contributed by atoms with van der Waals surface area (Å²) in [6.45, 7) is 0. The molecule has 0 aliphatic heterocycles. The Balaban J connectivity index is 2.92. The van der Waals surface area contributed by atoms with Gasteiger partial charge in [-0.05, 0) is 23.8 Å². The Morgan fingerprint density at radius 1 is 1.31 bits per heavy atom. The van der Waals surface area contributed by atoms with Crippen LogP contribution in [0.5, 0.6) is 0 Å². The van der Waals surface area contributed by atoms with E-state index in [9.17, 15) is 4.79 Å². The van der Waals surface area contributed by atoms with E-state index in [1.807, 2.05) is 0 Å². The zero-order valence-electron chi connectivity index (χ0n) is 6.63. The Bertz CT molecular complexity index is 361. The molecule has 0 unspecified atom stereocenters. The summed E-state index contributed by atoms with van der Waals surface area (Å²) in [5.74, 6) is -0.494. The van der Waals surface area contributed by atoms with E-state index in [0.29, 0.717) is 10.0 Å². The van der Waals surface area contributed by atoms with Gasteiger partial charge in [0.2, 0.25) is 5.91 Å². The number of nitrogens with two attached hydrogens (primary N) is 1. The number of amides is 1. The lowest BCUT2D eigenvalue weighted by Crippen LogP contribution is -2.04. The van der Waals surface area contributed by atoms with Gasteiger partial charge in [-0.25, -0.2) is 0 Å². The monoisotopic (exact) mass is 215 g/mol. The molecule has 0 aliphatic rings. The van der Waals surface area contributed by atoms with E-state index in [0.717, 1.165) is 5.56 Å². The van der Waals surface area contributed by atoms with Crippen LogP contribution in [0.15, 0.2) is 24.3 Å². The van der Waals surface area contributed by atoms with Crippen LogP contribution in [0.3, 0.4) is 0 Å². The fourth-order valence-corrected chi connectivity index (χ4v) is 1.10. The first-order valence-electron chi connectivity index (χ1n) is 3.52. The van der Waals surface area contributed by atoms with Crippen LogP contribution in [-0.4, -0.2) is 5.91 Å². The van der Waals surface area contributed by atoms with Crippen molar-refractivity contribution in [3.05, 3.63) is 39.9 Å². The lowest BCUT2D eigenvalue weighted by atomic mass is 10.2. The summed E-state index contributed by atoms with van der Waals surface area (Å²) < 4.78 is 0. The highest BCUT2D eigenvalue weighted by Gasteiger charge is 1.96. The molecule has 0 heterocycles. The van der Waals surface area contributed by atoms with Gasteiger partial charge in [0.05, 0.1) is 10.0 Å². The molecule has 0 bridgehead atoms. The van der Waals surface area contributed by atoms with E-state index in [2.05, 4.69) is 0 Å². The van der Waals surface area contributed by atoms with Gasteiger partial charge >= 0.3 is 0 Å². The van der Waals surface area contributed by atoms with Crippen LogP contribution in [0.4, 0.5) is 0 Å². The maximum absolute atomic E-state index is 10.4. The van der Waals surface area contributed by atoms with Gasteiger partial charge in [0, 0.05) is 6.08 Å². The molecule has 1 amide bonds. The second kappa shape index (κ2) is 4.30. The fraction of sp³-hybridized carbons (Fsp3) is 0. The highest BCUT2D eigenvalue weighted by atomic mass is 35.5. The van der Waals surface area contributed by atoms with Crippen LogP contribution in [0.1, 0.15) is 5.56 Å². The van der Waals surface area contributed by atoms with Gasteiger partial charge in [-0.2, -0.15) is 0 Å². The molecule has 1 aromatic carbocycles. The van der Waals surface area contributed by atoms with Crippen molar-refractivity contribution in [1.82, 2.24) is 0 Å². The molecule has 0 aliphatic carbocycles. The summed E-state index contributed by atoms with van der Waals surface area (Å²) in [4.78, 5) is 10.4. The molecule has 13 heavy (non-hydrogen) atoms. The summed E-state index contributed by atoms with van der Waals surface area (Å²) in [6.07, 6.45) is 2.84. The number of rotatable bonds is 2. The normalized spacial score (nSPS) is 10.6. The van der Waals surface area contributed by atoms with E-state index in [-0.39, 0.29) is 0 Å². The van der Waals surface area contributed by atoms with Crippen LogP contribution in [0.2, 0.25) is 10.0 Å². The summed E-state index contributed by atoms with van der Waals surface area (Å²) in [6, 6.07) is 5.06. The predicted molar refractivity (Wildman–Crippen MR) is 54.7 cm³/mol. The number of carbonyl (C=O) groups excluding carboxylic acids is 1. The van der Waals surface area contributed by atoms with E-state index in [1.54, 1.807) is 24.3 Å². The Morgan fingerprint density at radius 2 is 2.00 bits per heavy atom. The molecule has 1 rings (SSSR count). The lowest BCUT2D eigenvalue weighted by Gasteiger charge is -1.96. The van der Waals surface area contributed by atoms with Crippen molar-refractivity contribution in [2.24, 2.45) is 5.73 Å². The van der Waals surface area contributed by atoms with Crippen LogP contribution >= 0.6 is 23.2 Å². The molecule has 0 saturated carbocycles. The van der Waals surface area contributed by atoms with Gasteiger partial charge in [0.25, 0.3) is 0 Å². The molecule has 0 spiro atoms. The van der Waals surface area contributed by atoms with Gasteiger partial charge < -0.3 is 5.73 Å². The van der Waals surface area contributed by atoms with Gasteiger partial charge in [-0.3, -0.25) is 4.79 Å². The first-order chi connectivity index (χ1) is 6.09. The van der Waals surface area contributed by atoms with Crippen molar-refractivity contribution < 1.29 is 4.79 Å². The largest absolute Gasteiger partial charge is 0.366 e. The second-order valence-corrected chi connectivity index (χ2v) is 3.22. The van der Waals surface area contributed by atoms with E-state index in [1.165, 1.54) is 6.08 Å². The topological polar surface area (TPSA) is 43.1 Å². The minimum Gasteiger partial charge on any atom is -0.366 e. The molecule has 1 aromatic rings. The van der Waals surface area contributed by atoms with E-state index < -0.39 is 5.91 Å². The molecule has 2 N–H and O–H groups in total. The average molecular weight is 216 g/mol. The van der Waals surface area contributed by atoms with Crippen molar-refractivity contribution in [1.29, 1.82) is 0 Å². The van der Waals surface area contributed by atoms with Crippen molar-refractivity contribution >= 4 is 35.2 Å². The standard InChI is InChI=1S/C9H7Cl2NO/c10-7-3-1-6(5-8(7)11)2-4-9(12)13/h1-5H,(H2,12,13)/b4-2-. The van der Waals surface area contributed by atoms with Crippen LogP contribution < -0.4 is 5.73 Å². The third-order valence-electron chi connectivity index (χ3n) is 1.38. The van der Waals surface area contributed by atoms with Crippen molar-refractivity contribution in [3.63, 3.8) is 0 Å². The minimum atomic E-state index is -0.494. The number of primary amides is 1. The first-order valence-corrected chi connectivity index (χ1v) is 4.28. The van der Waals surface area contributed by atoms with Crippen LogP contribution in [0.25, 0.3) is 6.08 Å². The SMILES string of the molecule is NC(=O)/C=C\c1ccc(Cl)c(Cl)c1. The molecule has 4 heteroatoms. The molecule has 68 valence electrons. The third kappa shape index (κ3) is 3.09. The predicted octanol–water partition coefficient (Wildman–Crippen LogP) is 2.49. The minimum absolute atomic E-state index is 0.452. The summed E-state index contributed by atoms with van der Waals surface area (Å²) in [7, 11) is 0. The van der Waals surface area contributed by atoms with Crippen molar-refractivity contribution in [3.8, 4) is 0 Å². The molecule has 0 fully saturated rings. The number of hydrogen-bond acceptors (Lipinski definition) is 1. The van der Waals surface area contributed by atoms with Gasteiger partial charge in [0.15, 0.2) is 0 Å². The smallest absolute Gasteiger partial charge is 0.241 e. The van der Waals surface area contributed by atoms with Crippen molar-refractivity contribution in [2.45, 2.75) is 0 Å². The van der Waals surface area contributed by atoms with Crippen molar-refractivity contribution in [2.75, 3.05) is 0 Å². The Hall–Kier alpha value is -0.990. The molecule has 0 radical (unpaired) electrons. The fourth-order valence-electron chi connectivity index (χ4n) is 0.794. The zero-order valence-corrected chi connectivity index (χ0v) is 8.14. The zero-order chi connectivity index (χ0) is 9.84. The number of halogens is 2. The van der Waals surface area contributed by atoms with E-state index >= 15 is 0 Å². The highest BCUT2D eigenvalue weighted by Crippen LogP contribution is 2.22. The highest BCUT2D eigenvalue weighted by molar-refractivity contribution is 6.42. The van der Waals surface area contributed by atoms with Gasteiger partial charge in [-0.1, -0.05) is 29.3 Å². The van der Waals surface area contributed by atoms with E-state index in [4.69, 9.17) is 28.9 Å². The molecule has 0 aromatic heterocycles. The molecule has 0 saturated heterocycles. The maximum atomic E-state index is 10.4.